The molecule has 2 heterocycles. The van der Waals surface area contributed by atoms with Gasteiger partial charge in [0.2, 0.25) is 11.8 Å². The van der Waals surface area contributed by atoms with E-state index in [1.54, 1.807) is 0 Å². The molecule has 0 radical (unpaired) electrons. The molecular formula is C14H16F3N3O3. The van der Waals surface area contributed by atoms with Crippen molar-refractivity contribution in [1.82, 2.24) is 10.2 Å². The predicted molar refractivity (Wildman–Crippen MR) is 74.5 cm³/mol. The molecular weight excluding hydrogens is 315 g/mol. The van der Waals surface area contributed by atoms with Crippen LogP contribution in [0.5, 0.6) is 0 Å². The first-order valence-electron chi connectivity index (χ1n) is 7.16. The van der Waals surface area contributed by atoms with Gasteiger partial charge >= 0.3 is 6.18 Å². The Balaban J connectivity index is 1.80. The van der Waals surface area contributed by atoms with Crippen molar-refractivity contribution < 1.29 is 27.6 Å². The maximum atomic E-state index is 12.2. The van der Waals surface area contributed by atoms with Crippen molar-refractivity contribution in [2.45, 2.75) is 19.0 Å². The van der Waals surface area contributed by atoms with Gasteiger partial charge < -0.3 is 10.2 Å². The zero-order valence-corrected chi connectivity index (χ0v) is 12.2. The van der Waals surface area contributed by atoms with Gasteiger partial charge in [-0.05, 0) is 12.8 Å². The van der Waals surface area contributed by atoms with E-state index in [-0.39, 0.29) is 19.0 Å². The molecule has 1 unspecified atom stereocenters. The van der Waals surface area contributed by atoms with Crippen LogP contribution >= 0.6 is 0 Å². The van der Waals surface area contributed by atoms with Crippen molar-refractivity contribution in [3.63, 3.8) is 0 Å². The Morgan fingerprint density at radius 3 is 2.48 bits per heavy atom. The molecule has 1 saturated heterocycles. The average molecular weight is 331 g/mol. The van der Waals surface area contributed by atoms with E-state index in [4.69, 9.17) is 0 Å². The number of amides is 3. The summed E-state index contributed by atoms with van der Waals surface area (Å²) < 4.78 is 36.2. The summed E-state index contributed by atoms with van der Waals surface area (Å²) in [5, 5.41) is 1.87. The van der Waals surface area contributed by atoms with Gasteiger partial charge in [-0.15, -0.1) is 0 Å². The van der Waals surface area contributed by atoms with E-state index in [1.165, 1.54) is 23.3 Å². The Labute approximate surface area is 130 Å². The van der Waals surface area contributed by atoms with E-state index in [9.17, 15) is 27.6 Å². The van der Waals surface area contributed by atoms with Crippen LogP contribution in [0.25, 0.3) is 0 Å². The molecule has 0 aliphatic carbocycles. The van der Waals surface area contributed by atoms with Gasteiger partial charge in [0.1, 0.15) is 6.54 Å². The first-order chi connectivity index (χ1) is 10.8. The third kappa shape index (κ3) is 4.90. The van der Waals surface area contributed by atoms with Crippen molar-refractivity contribution in [2.75, 3.05) is 19.6 Å². The molecule has 0 spiro atoms. The van der Waals surface area contributed by atoms with E-state index in [2.05, 4.69) is 4.99 Å². The minimum atomic E-state index is -4.43. The van der Waals surface area contributed by atoms with Gasteiger partial charge in [-0.1, -0.05) is 6.08 Å². The summed E-state index contributed by atoms with van der Waals surface area (Å²) in [5.74, 6) is -2.43. The van der Waals surface area contributed by atoms with Crippen molar-refractivity contribution >= 4 is 23.9 Å². The number of likely N-dealkylation sites (tertiary alicyclic amines) is 1. The SMILES string of the molecule is O=C1C=CC(C(=O)N2CCC(C(=O)NCC(F)(F)F)CC2)C=N1. The largest absolute Gasteiger partial charge is 0.405 e. The van der Waals surface area contributed by atoms with Crippen molar-refractivity contribution in [3.8, 4) is 0 Å². The lowest BCUT2D eigenvalue weighted by Crippen LogP contribution is -2.46. The molecule has 3 amide bonds. The molecule has 0 aromatic heterocycles. The molecule has 0 saturated carbocycles. The average Bonchev–Trinajstić information content (AvgIpc) is 2.52. The fourth-order valence-corrected chi connectivity index (χ4v) is 2.48. The molecule has 2 aliphatic rings. The van der Waals surface area contributed by atoms with Crippen LogP contribution in [0.2, 0.25) is 0 Å². The Kier molecular flexibility index (Phi) is 5.17. The van der Waals surface area contributed by atoms with E-state index in [0.717, 1.165) is 0 Å². The topological polar surface area (TPSA) is 78.8 Å². The lowest BCUT2D eigenvalue weighted by molar-refractivity contribution is -0.143. The number of nitrogens with one attached hydrogen (secondary N) is 1. The third-order valence-corrected chi connectivity index (χ3v) is 3.73. The fourth-order valence-electron chi connectivity index (χ4n) is 2.48. The summed E-state index contributed by atoms with van der Waals surface area (Å²) in [6.45, 7) is -0.771. The molecule has 1 fully saturated rings. The number of carbonyl (C=O) groups excluding carboxylic acids is 3. The van der Waals surface area contributed by atoms with Gasteiger partial charge in [0.25, 0.3) is 5.91 Å². The lowest BCUT2D eigenvalue weighted by atomic mass is 9.94. The number of hydrogen-bond acceptors (Lipinski definition) is 3. The monoisotopic (exact) mass is 331 g/mol. The maximum Gasteiger partial charge on any atom is 0.405 e. The number of dihydropyridines is 1. The quantitative estimate of drug-likeness (QED) is 0.826. The number of alkyl halides is 3. The number of hydrogen-bond donors (Lipinski definition) is 1. The molecule has 23 heavy (non-hydrogen) atoms. The number of nitrogens with zero attached hydrogens (tertiary/aromatic N) is 2. The van der Waals surface area contributed by atoms with Crippen LogP contribution in [-0.4, -0.2) is 54.6 Å². The summed E-state index contributed by atoms with van der Waals surface area (Å²) in [4.78, 5) is 39.9. The summed E-state index contributed by atoms with van der Waals surface area (Å²) in [6, 6.07) is 0. The summed E-state index contributed by atoms with van der Waals surface area (Å²) >= 11 is 0. The Morgan fingerprint density at radius 1 is 1.30 bits per heavy atom. The zero-order valence-electron chi connectivity index (χ0n) is 12.2. The molecule has 1 N–H and O–H groups in total. The highest BCUT2D eigenvalue weighted by atomic mass is 19.4. The van der Waals surface area contributed by atoms with Crippen LogP contribution in [0.15, 0.2) is 17.1 Å². The summed E-state index contributed by atoms with van der Waals surface area (Å²) in [7, 11) is 0. The highest BCUT2D eigenvalue weighted by Crippen LogP contribution is 2.20. The molecule has 126 valence electrons. The Hall–Kier alpha value is -2.19. The van der Waals surface area contributed by atoms with Crippen LogP contribution in [0, 0.1) is 11.8 Å². The molecule has 0 aromatic carbocycles. The minimum Gasteiger partial charge on any atom is -0.347 e. The highest BCUT2D eigenvalue weighted by molar-refractivity contribution is 6.05. The second kappa shape index (κ2) is 6.93. The van der Waals surface area contributed by atoms with Gasteiger partial charge in [0.15, 0.2) is 0 Å². The zero-order chi connectivity index (χ0) is 17.0. The highest BCUT2D eigenvalue weighted by Gasteiger charge is 2.32. The molecule has 2 aliphatic heterocycles. The number of halogens is 3. The normalized spacial score (nSPS) is 22.3. The number of carbonyl (C=O) groups is 3. The van der Waals surface area contributed by atoms with Gasteiger partial charge in [-0.25, -0.2) is 4.99 Å². The first kappa shape index (κ1) is 17.2. The van der Waals surface area contributed by atoms with Crippen molar-refractivity contribution in [3.05, 3.63) is 12.2 Å². The Morgan fingerprint density at radius 2 is 1.96 bits per heavy atom. The van der Waals surface area contributed by atoms with Crippen molar-refractivity contribution in [2.24, 2.45) is 16.8 Å². The first-order valence-corrected chi connectivity index (χ1v) is 7.16. The number of aliphatic imine (C=N–C) groups is 1. The van der Waals surface area contributed by atoms with E-state index in [0.29, 0.717) is 12.8 Å². The van der Waals surface area contributed by atoms with E-state index >= 15 is 0 Å². The summed E-state index contributed by atoms with van der Waals surface area (Å²) in [6.07, 6.45) is 0.132. The second-order valence-corrected chi connectivity index (χ2v) is 5.43. The van der Waals surface area contributed by atoms with Crippen LogP contribution in [0.1, 0.15) is 12.8 Å². The molecule has 1 atom stereocenters. The summed E-state index contributed by atoms with van der Waals surface area (Å²) in [5.41, 5.74) is 0. The predicted octanol–water partition coefficient (Wildman–Crippen LogP) is 0.687. The van der Waals surface area contributed by atoms with Crippen LogP contribution in [0.4, 0.5) is 13.2 Å². The standard InChI is InChI=1S/C14H16F3N3O3/c15-14(16,17)8-19-12(22)9-3-5-20(6-4-9)13(23)10-1-2-11(21)18-7-10/h1-2,7,9-10H,3-6,8H2,(H,19,22). The smallest absolute Gasteiger partial charge is 0.347 e. The number of rotatable bonds is 3. The van der Waals surface area contributed by atoms with Gasteiger partial charge in [-0.2, -0.15) is 13.2 Å². The number of piperidine rings is 1. The third-order valence-electron chi connectivity index (χ3n) is 3.73. The molecule has 0 bridgehead atoms. The molecule has 6 nitrogen and oxygen atoms in total. The van der Waals surface area contributed by atoms with Gasteiger partial charge in [0, 0.05) is 31.3 Å². The molecule has 9 heteroatoms. The van der Waals surface area contributed by atoms with E-state index < -0.39 is 36.4 Å². The second-order valence-electron chi connectivity index (χ2n) is 5.43. The van der Waals surface area contributed by atoms with Gasteiger partial charge in [0.05, 0.1) is 5.92 Å². The Bertz CT molecular complexity index is 533. The lowest BCUT2D eigenvalue weighted by Gasteiger charge is -2.32. The molecule has 0 aromatic rings. The van der Waals surface area contributed by atoms with Crippen LogP contribution in [-0.2, 0) is 14.4 Å². The van der Waals surface area contributed by atoms with E-state index in [1.807, 2.05) is 5.32 Å². The van der Waals surface area contributed by atoms with Crippen LogP contribution < -0.4 is 5.32 Å². The molecule has 2 rings (SSSR count). The maximum absolute atomic E-state index is 12.2. The van der Waals surface area contributed by atoms with Crippen molar-refractivity contribution in [1.29, 1.82) is 0 Å². The van der Waals surface area contributed by atoms with Crippen LogP contribution in [0.3, 0.4) is 0 Å². The minimum absolute atomic E-state index is 0.230. The van der Waals surface area contributed by atoms with Gasteiger partial charge in [-0.3, -0.25) is 14.4 Å². The fraction of sp³-hybridized carbons (Fsp3) is 0.571.